The van der Waals surface area contributed by atoms with Gasteiger partial charge in [0.1, 0.15) is 5.15 Å². The van der Waals surface area contributed by atoms with E-state index >= 15 is 0 Å². The number of carbonyl (C=O) groups excluding carboxylic acids is 1. The number of amides is 1. The van der Waals surface area contributed by atoms with E-state index in [1.54, 1.807) is 30.0 Å². The lowest BCUT2D eigenvalue weighted by Crippen LogP contribution is -2.39. The van der Waals surface area contributed by atoms with Gasteiger partial charge in [0.25, 0.3) is 11.5 Å². The van der Waals surface area contributed by atoms with E-state index in [4.69, 9.17) is 16.6 Å². The molecule has 4 heterocycles. The van der Waals surface area contributed by atoms with Gasteiger partial charge in [0.15, 0.2) is 5.69 Å². The molecule has 1 atom stereocenters. The van der Waals surface area contributed by atoms with E-state index in [1.165, 1.54) is 11.9 Å². The molecule has 1 aromatic carbocycles. The van der Waals surface area contributed by atoms with Crippen molar-refractivity contribution in [1.29, 1.82) is 0 Å². The number of fused-ring (bicyclic) bond motifs is 1. The molecule has 210 valence electrons. The second-order valence-electron chi connectivity index (χ2n) is 10.3. The Kier molecular flexibility index (Phi) is 8.04. The van der Waals surface area contributed by atoms with Crippen LogP contribution in [0.25, 0.3) is 10.9 Å². The summed E-state index contributed by atoms with van der Waals surface area (Å²) in [6.07, 6.45) is 7.57. The van der Waals surface area contributed by atoms with Gasteiger partial charge in [-0.1, -0.05) is 29.6 Å². The maximum atomic E-state index is 13.6. The number of nitrogens with zero attached hydrogens (tertiary/aromatic N) is 6. The number of hydrogen-bond acceptors (Lipinski definition) is 8. The van der Waals surface area contributed by atoms with Crippen molar-refractivity contribution in [3.05, 3.63) is 74.6 Å². The molecule has 1 fully saturated rings. The Hall–Kier alpha value is -3.57. The van der Waals surface area contributed by atoms with Crippen molar-refractivity contribution in [3.8, 4) is 0 Å². The molecule has 1 unspecified atom stereocenters. The number of anilines is 2. The van der Waals surface area contributed by atoms with Gasteiger partial charge in [-0.25, -0.2) is 9.97 Å². The number of piperidine rings is 1. The predicted molar refractivity (Wildman–Crippen MR) is 161 cm³/mol. The van der Waals surface area contributed by atoms with Crippen LogP contribution >= 0.6 is 23.5 Å². The molecule has 4 aromatic rings. The van der Waals surface area contributed by atoms with Gasteiger partial charge in [0, 0.05) is 38.2 Å². The number of benzene rings is 1. The third-order valence-corrected chi connectivity index (χ3v) is 7.89. The molecule has 5 rings (SSSR count). The van der Waals surface area contributed by atoms with Crippen LogP contribution in [0.3, 0.4) is 0 Å². The molecule has 0 spiro atoms. The number of rotatable bonds is 7. The minimum Gasteiger partial charge on any atom is -0.377 e. The molecule has 10 nitrogen and oxygen atoms in total. The second-order valence-corrected chi connectivity index (χ2v) is 11.3. The van der Waals surface area contributed by atoms with Gasteiger partial charge in [-0.15, -0.1) is 0 Å². The summed E-state index contributed by atoms with van der Waals surface area (Å²) < 4.78 is 6.40. The quantitative estimate of drug-likeness (QED) is 0.237. The van der Waals surface area contributed by atoms with Gasteiger partial charge in [-0.2, -0.15) is 5.10 Å². The van der Waals surface area contributed by atoms with Crippen LogP contribution in [0.2, 0.25) is 5.15 Å². The minimum atomic E-state index is -0.346. The third-order valence-electron chi connectivity index (χ3n) is 7.29. The minimum absolute atomic E-state index is 0.0878. The van der Waals surface area contributed by atoms with E-state index in [2.05, 4.69) is 31.2 Å². The highest BCUT2D eigenvalue weighted by Crippen LogP contribution is 2.30. The molecule has 0 aliphatic carbocycles. The van der Waals surface area contributed by atoms with E-state index in [9.17, 15) is 9.59 Å². The number of halogens is 1. The van der Waals surface area contributed by atoms with Crippen molar-refractivity contribution in [2.45, 2.75) is 45.7 Å². The number of nitrogens with one attached hydrogen (secondary N) is 2. The van der Waals surface area contributed by atoms with Crippen LogP contribution in [0, 0.1) is 13.8 Å². The standard InChI is InChI=1S/C28H33ClN8O2S/c1-16-12-20(18(3)31-22-6-7-23(29)32-25(22)26(38)34-40-5)24-21(13-16)27(39)35(4)28(33-24)36-10-8-19(9-11-36)37-15-17(2)14-30-37/h6-7,12-15,18-19,31H,8-11H2,1-5H3,(H,34,38). The van der Waals surface area contributed by atoms with Crippen LogP contribution in [0.4, 0.5) is 11.6 Å². The Balaban J connectivity index is 1.49. The normalized spacial score (nSPS) is 14.9. The van der Waals surface area contributed by atoms with Crippen LogP contribution in [0.1, 0.15) is 59.0 Å². The van der Waals surface area contributed by atoms with Crippen molar-refractivity contribution in [1.82, 2.24) is 29.0 Å². The van der Waals surface area contributed by atoms with E-state index in [-0.39, 0.29) is 28.4 Å². The number of hydrogen-bond donors (Lipinski definition) is 2. The lowest BCUT2D eigenvalue weighted by atomic mass is 10.0. The first-order valence-corrected chi connectivity index (χ1v) is 14.8. The molecular formula is C28H33ClN8O2S. The smallest absolute Gasteiger partial charge is 0.281 e. The maximum Gasteiger partial charge on any atom is 0.281 e. The van der Waals surface area contributed by atoms with Crippen LogP contribution in [0.15, 0.2) is 41.5 Å². The molecule has 1 saturated heterocycles. The van der Waals surface area contributed by atoms with E-state index in [0.717, 1.165) is 42.6 Å². The van der Waals surface area contributed by atoms with Gasteiger partial charge in [-0.3, -0.25) is 23.6 Å². The highest BCUT2D eigenvalue weighted by atomic mass is 35.5. The molecular weight excluding hydrogens is 548 g/mol. The molecule has 12 heteroatoms. The summed E-state index contributed by atoms with van der Waals surface area (Å²) in [6.45, 7) is 7.54. The summed E-state index contributed by atoms with van der Waals surface area (Å²) in [5.41, 5.74) is 4.26. The fourth-order valence-corrected chi connectivity index (χ4v) is 5.72. The average molecular weight is 581 g/mol. The lowest BCUT2D eigenvalue weighted by Gasteiger charge is -2.33. The summed E-state index contributed by atoms with van der Waals surface area (Å²) in [4.78, 5) is 37.8. The molecule has 3 aromatic heterocycles. The Morgan fingerprint density at radius 1 is 1.15 bits per heavy atom. The first-order chi connectivity index (χ1) is 19.2. The molecule has 2 N–H and O–H groups in total. The zero-order valence-electron chi connectivity index (χ0n) is 23.2. The van der Waals surface area contributed by atoms with E-state index < -0.39 is 0 Å². The summed E-state index contributed by atoms with van der Waals surface area (Å²) in [5.74, 6) is 0.305. The number of aromatic nitrogens is 5. The Morgan fingerprint density at radius 2 is 1.90 bits per heavy atom. The van der Waals surface area contributed by atoms with Crippen LogP contribution < -0.4 is 20.5 Å². The molecule has 1 amide bonds. The van der Waals surface area contributed by atoms with Crippen LogP contribution in [-0.4, -0.2) is 49.6 Å². The fraction of sp³-hybridized carbons (Fsp3) is 0.393. The maximum absolute atomic E-state index is 13.6. The van der Waals surface area contributed by atoms with E-state index in [0.29, 0.717) is 28.6 Å². The van der Waals surface area contributed by atoms with Crippen molar-refractivity contribution < 1.29 is 4.79 Å². The summed E-state index contributed by atoms with van der Waals surface area (Å²) >= 11 is 7.29. The summed E-state index contributed by atoms with van der Waals surface area (Å²) in [5, 5.41) is 8.70. The van der Waals surface area contributed by atoms with Crippen molar-refractivity contribution in [2.75, 3.05) is 29.6 Å². The first-order valence-electron chi connectivity index (χ1n) is 13.2. The average Bonchev–Trinajstić information content (AvgIpc) is 3.38. The molecule has 0 radical (unpaired) electrons. The Bertz CT molecular complexity index is 1630. The summed E-state index contributed by atoms with van der Waals surface area (Å²) in [6, 6.07) is 7.34. The zero-order valence-corrected chi connectivity index (χ0v) is 24.8. The molecule has 1 aliphatic rings. The highest BCUT2D eigenvalue weighted by Gasteiger charge is 2.26. The van der Waals surface area contributed by atoms with Crippen LogP contribution in [-0.2, 0) is 7.05 Å². The van der Waals surface area contributed by atoms with E-state index in [1.807, 2.05) is 43.8 Å². The zero-order chi connectivity index (χ0) is 28.6. The highest BCUT2D eigenvalue weighted by molar-refractivity contribution is 7.97. The largest absolute Gasteiger partial charge is 0.377 e. The number of aryl methyl sites for hydroxylation is 2. The molecule has 0 saturated carbocycles. The van der Waals surface area contributed by atoms with Gasteiger partial charge >= 0.3 is 0 Å². The van der Waals surface area contributed by atoms with Gasteiger partial charge in [0.2, 0.25) is 5.95 Å². The molecule has 1 aliphatic heterocycles. The lowest BCUT2D eigenvalue weighted by molar-refractivity contribution is 0.0980. The number of carbonyl (C=O) groups is 1. The number of pyridine rings is 1. The second kappa shape index (κ2) is 11.5. The van der Waals surface area contributed by atoms with Gasteiger partial charge < -0.3 is 10.2 Å². The predicted octanol–water partition coefficient (Wildman–Crippen LogP) is 4.82. The van der Waals surface area contributed by atoms with Crippen LogP contribution in [0.5, 0.6) is 0 Å². The van der Waals surface area contributed by atoms with Crippen molar-refractivity contribution in [2.24, 2.45) is 7.05 Å². The Labute approximate surface area is 242 Å². The van der Waals surface area contributed by atoms with Crippen molar-refractivity contribution in [3.63, 3.8) is 0 Å². The first kappa shape index (κ1) is 28.0. The summed E-state index contributed by atoms with van der Waals surface area (Å²) in [7, 11) is 1.78. The van der Waals surface area contributed by atoms with Crippen molar-refractivity contribution >= 4 is 52.0 Å². The Morgan fingerprint density at radius 3 is 2.58 bits per heavy atom. The van der Waals surface area contributed by atoms with Gasteiger partial charge in [0.05, 0.1) is 34.9 Å². The SMILES string of the molecule is CSNC(=O)c1nc(Cl)ccc1NC(C)c1cc(C)cc2c(=O)n(C)c(N3CCC(n4cc(C)cn4)CC3)nc12. The molecule has 0 bridgehead atoms. The third kappa shape index (κ3) is 5.53. The molecule has 40 heavy (non-hydrogen) atoms. The topological polar surface area (TPSA) is 110 Å². The fourth-order valence-electron chi connectivity index (χ4n) is 5.29. The monoisotopic (exact) mass is 580 g/mol. The van der Waals surface area contributed by atoms with Gasteiger partial charge in [-0.05, 0) is 62.9 Å².